The smallest absolute Gasteiger partial charge is 0.00602 e. The van der Waals surface area contributed by atoms with Crippen molar-refractivity contribution >= 4 is 5.57 Å². The maximum Gasteiger partial charge on any atom is 0.00602 e. The Bertz CT molecular complexity index is 649. The largest absolute Gasteiger partial charge is 0.0653 e. The molecule has 114 valence electrons. The van der Waals surface area contributed by atoms with Crippen LogP contribution in [0.5, 0.6) is 0 Å². The molecule has 2 aromatic carbocycles. The van der Waals surface area contributed by atoms with Gasteiger partial charge < -0.3 is 0 Å². The van der Waals surface area contributed by atoms with E-state index in [1.165, 1.54) is 36.8 Å². The monoisotopic (exact) mass is 290 g/mol. The Hall–Kier alpha value is -1.82. The quantitative estimate of drug-likeness (QED) is 0.579. The van der Waals surface area contributed by atoms with Crippen LogP contribution in [0.2, 0.25) is 0 Å². The number of fused-ring (bicyclic) bond motifs is 1. The van der Waals surface area contributed by atoms with Crippen LogP contribution in [0.4, 0.5) is 0 Å². The van der Waals surface area contributed by atoms with Gasteiger partial charge in [0.15, 0.2) is 0 Å². The van der Waals surface area contributed by atoms with Crippen molar-refractivity contribution in [1.29, 1.82) is 0 Å². The van der Waals surface area contributed by atoms with Crippen molar-refractivity contribution in [2.45, 2.75) is 51.9 Å². The molecule has 0 bridgehead atoms. The number of allylic oxidation sites excluding steroid dienone is 2. The summed E-state index contributed by atoms with van der Waals surface area (Å²) in [4.78, 5) is 0. The summed E-state index contributed by atoms with van der Waals surface area (Å²) in [7, 11) is 0. The lowest BCUT2D eigenvalue weighted by atomic mass is 9.88. The summed E-state index contributed by atoms with van der Waals surface area (Å²) >= 11 is 0. The molecular weight excluding hydrogens is 264 g/mol. The Morgan fingerprint density at radius 1 is 0.818 bits per heavy atom. The van der Waals surface area contributed by atoms with Gasteiger partial charge in [0.1, 0.15) is 0 Å². The molecule has 0 aromatic heterocycles. The van der Waals surface area contributed by atoms with Gasteiger partial charge in [0.25, 0.3) is 0 Å². The van der Waals surface area contributed by atoms with E-state index in [0.717, 1.165) is 6.42 Å². The predicted octanol–water partition coefficient (Wildman–Crippen LogP) is 6.38. The highest BCUT2D eigenvalue weighted by Crippen LogP contribution is 2.47. The average molecular weight is 290 g/mol. The lowest BCUT2D eigenvalue weighted by molar-refractivity contribution is 0.665. The molecule has 1 aliphatic carbocycles. The van der Waals surface area contributed by atoms with E-state index in [0.29, 0.717) is 5.92 Å². The molecule has 1 atom stereocenters. The molecule has 0 heteroatoms. The summed E-state index contributed by atoms with van der Waals surface area (Å²) < 4.78 is 0. The fraction of sp³-hybridized carbons (Fsp3) is 0.364. The van der Waals surface area contributed by atoms with Gasteiger partial charge in [-0.1, -0.05) is 86.9 Å². The molecule has 0 N–H and O–H groups in total. The summed E-state index contributed by atoms with van der Waals surface area (Å²) in [6.45, 7) is 4.61. The third-order valence-corrected chi connectivity index (χ3v) is 4.79. The van der Waals surface area contributed by atoms with E-state index in [4.69, 9.17) is 0 Å². The Morgan fingerprint density at radius 3 is 2.27 bits per heavy atom. The molecule has 0 amide bonds. The Kier molecular flexibility index (Phi) is 4.77. The van der Waals surface area contributed by atoms with E-state index in [-0.39, 0.29) is 0 Å². The molecule has 1 aliphatic rings. The normalized spacial score (nSPS) is 16.9. The summed E-state index contributed by atoms with van der Waals surface area (Å²) in [5.41, 5.74) is 7.81. The topological polar surface area (TPSA) is 0 Å². The van der Waals surface area contributed by atoms with Crippen molar-refractivity contribution in [2.24, 2.45) is 0 Å². The minimum Gasteiger partial charge on any atom is -0.0653 e. The second kappa shape index (κ2) is 6.96. The lowest BCUT2D eigenvalue weighted by Crippen LogP contribution is -1.99. The zero-order valence-electron chi connectivity index (χ0n) is 13.8. The van der Waals surface area contributed by atoms with E-state index in [1.54, 1.807) is 16.7 Å². The molecule has 0 radical (unpaired) electrons. The first-order valence-corrected chi connectivity index (χ1v) is 8.70. The third-order valence-electron chi connectivity index (χ3n) is 4.79. The van der Waals surface area contributed by atoms with E-state index in [2.05, 4.69) is 68.4 Å². The maximum atomic E-state index is 2.35. The second-order valence-corrected chi connectivity index (χ2v) is 6.34. The highest BCUT2D eigenvalue weighted by atomic mass is 14.3. The Morgan fingerprint density at radius 2 is 1.55 bits per heavy atom. The molecule has 0 nitrogen and oxygen atoms in total. The van der Waals surface area contributed by atoms with Gasteiger partial charge in [-0.15, -0.1) is 0 Å². The molecule has 0 spiro atoms. The lowest BCUT2D eigenvalue weighted by Gasteiger charge is -2.16. The molecule has 0 aliphatic heterocycles. The highest BCUT2D eigenvalue weighted by molar-refractivity contribution is 5.79. The van der Waals surface area contributed by atoms with Crippen molar-refractivity contribution in [3.63, 3.8) is 0 Å². The predicted molar refractivity (Wildman–Crippen MR) is 96.1 cm³/mol. The SMILES string of the molecule is CCCC1=C(Cc2ccccc2)c2ccccc2C1CCC. The van der Waals surface area contributed by atoms with Crippen LogP contribution in [0.1, 0.15) is 62.1 Å². The number of hydrogen-bond donors (Lipinski definition) is 0. The Balaban J connectivity index is 2.04. The van der Waals surface area contributed by atoms with E-state index >= 15 is 0 Å². The molecule has 1 unspecified atom stereocenters. The molecule has 3 rings (SSSR count). The molecule has 2 aromatic rings. The summed E-state index contributed by atoms with van der Waals surface area (Å²) in [5, 5.41) is 0. The molecule has 0 saturated heterocycles. The minimum atomic E-state index is 0.653. The highest BCUT2D eigenvalue weighted by Gasteiger charge is 2.29. The summed E-state index contributed by atoms with van der Waals surface area (Å²) in [6, 6.07) is 20.0. The first-order chi connectivity index (χ1) is 10.8. The van der Waals surface area contributed by atoms with Crippen molar-refractivity contribution in [3.05, 3.63) is 76.9 Å². The van der Waals surface area contributed by atoms with Crippen molar-refractivity contribution in [1.82, 2.24) is 0 Å². The number of rotatable bonds is 6. The molecular formula is C22H26. The van der Waals surface area contributed by atoms with Crippen LogP contribution in [0.15, 0.2) is 60.2 Å². The molecule has 0 fully saturated rings. The van der Waals surface area contributed by atoms with Crippen molar-refractivity contribution < 1.29 is 0 Å². The van der Waals surface area contributed by atoms with E-state index in [9.17, 15) is 0 Å². The Labute approximate surface area is 134 Å². The van der Waals surface area contributed by atoms with Crippen LogP contribution in [0.25, 0.3) is 5.57 Å². The molecule has 0 saturated carbocycles. The van der Waals surface area contributed by atoms with Gasteiger partial charge in [0, 0.05) is 5.92 Å². The molecule has 0 heterocycles. The van der Waals surface area contributed by atoms with Crippen LogP contribution >= 0.6 is 0 Å². The number of hydrogen-bond acceptors (Lipinski definition) is 0. The van der Waals surface area contributed by atoms with E-state index < -0.39 is 0 Å². The van der Waals surface area contributed by atoms with Crippen molar-refractivity contribution in [2.75, 3.05) is 0 Å². The van der Waals surface area contributed by atoms with E-state index in [1.807, 2.05) is 0 Å². The van der Waals surface area contributed by atoms with Gasteiger partial charge >= 0.3 is 0 Å². The van der Waals surface area contributed by atoms with Crippen LogP contribution in [-0.2, 0) is 6.42 Å². The number of benzene rings is 2. The van der Waals surface area contributed by atoms with Gasteiger partial charge in [-0.2, -0.15) is 0 Å². The fourth-order valence-electron chi connectivity index (χ4n) is 3.87. The zero-order chi connectivity index (χ0) is 15.4. The van der Waals surface area contributed by atoms with Crippen LogP contribution in [-0.4, -0.2) is 0 Å². The van der Waals surface area contributed by atoms with Crippen LogP contribution in [0.3, 0.4) is 0 Å². The van der Waals surface area contributed by atoms with Crippen LogP contribution < -0.4 is 0 Å². The van der Waals surface area contributed by atoms with Crippen LogP contribution in [0, 0.1) is 0 Å². The maximum absolute atomic E-state index is 2.35. The first-order valence-electron chi connectivity index (χ1n) is 8.70. The first kappa shape index (κ1) is 15.1. The zero-order valence-corrected chi connectivity index (χ0v) is 13.8. The minimum absolute atomic E-state index is 0.653. The van der Waals surface area contributed by atoms with Gasteiger partial charge in [-0.3, -0.25) is 0 Å². The van der Waals surface area contributed by atoms with Gasteiger partial charge in [-0.25, -0.2) is 0 Å². The third kappa shape index (κ3) is 2.88. The summed E-state index contributed by atoms with van der Waals surface area (Å²) in [5.74, 6) is 0.653. The standard InChI is InChI=1S/C22H26/c1-3-10-18-19(11-4-2)22(16-17-12-6-5-7-13-17)21-15-9-8-14-20(18)21/h5-9,12-15,18H,3-4,10-11,16H2,1-2H3. The van der Waals surface area contributed by atoms with Crippen molar-refractivity contribution in [3.8, 4) is 0 Å². The second-order valence-electron chi connectivity index (χ2n) is 6.34. The fourth-order valence-corrected chi connectivity index (χ4v) is 3.87. The average Bonchev–Trinajstić information content (AvgIpc) is 2.84. The molecule has 22 heavy (non-hydrogen) atoms. The summed E-state index contributed by atoms with van der Waals surface area (Å²) in [6.07, 6.45) is 6.09. The van der Waals surface area contributed by atoms with Gasteiger partial charge in [-0.05, 0) is 41.5 Å². The van der Waals surface area contributed by atoms with Gasteiger partial charge in [0.05, 0.1) is 0 Å². The van der Waals surface area contributed by atoms with Gasteiger partial charge in [0.2, 0.25) is 0 Å².